The molecule has 0 saturated carbocycles. The average Bonchev–Trinajstić information content (AvgIpc) is 3.10. The molecular formula is C32H42ClFN4O7. The highest BCUT2D eigenvalue weighted by molar-refractivity contribution is 6.32. The van der Waals surface area contributed by atoms with E-state index < -0.39 is 17.5 Å². The van der Waals surface area contributed by atoms with Gasteiger partial charge in [-0.3, -0.25) is 14.6 Å². The topological polar surface area (TPSA) is 128 Å². The maximum absolute atomic E-state index is 14.6. The first-order valence-electron chi connectivity index (χ1n) is 14.9. The Kier molecular flexibility index (Phi) is 14.7. The number of anilines is 1. The number of nitrogens with zero attached hydrogens (tertiary/aromatic N) is 2. The third kappa shape index (κ3) is 12.7. The minimum atomic E-state index is -0.540. The van der Waals surface area contributed by atoms with Crippen LogP contribution in [0.1, 0.15) is 44.7 Å². The van der Waals surface area contributed by atoms with Crippen LogP contribution in [0.4, 0.5) is 14.9 Å². The zero-order valence-corrected chi connectivity index (χ0v) is 26.8. The van der Waals surface area contributed by atoms with Gasteiger partial charge in [0.25, 0.3) is 0 Å². The van der Waals surface area contributed by atoms with Crippen LogP contribution in [0.25, 0.3) is 0 Å². The molecule has 0 radical (unpaired) electrons. The van der Waals surface area contributed by atoms with Crippen LogP contribution in [0.5, 0.6) is 0 Å². The second-order valence-electron chi connectivity index (χ2n) is 11.1. The van der Waals surface area contributed by atoms with E-state index in [0.717, 1.165) is 0 Å². The third-order valence-corrected chi connectivity index (χ3v) is 6.55. The van der Waals surface area contributed by atoms with E-state index >= 15 is 0 Å². The number of aliphatic imine (C=N–C) groups is 1. The van der Waals surface area contributed by atoms with Crippen LogP contribution in [0.2, 0.25) is 5.02 Å². The summed E-state index contributed by atoms with van der Waals surface area (Å²) < 4.78 is 36.1. The molecule has 0 unspecified atom stereocenters. The Morgan fingerprint density at radius 1 is 0.933 bits per heavy atom. The Bertz CT molecular complexity index is 1320. The van der Waals surface area contributed by atoms with Crippen molar-refractivity contribution in [1.29, 1.82) is 0 Å². The highest BCUT2D eigenvalue weighted by Gasteiger charge is 2.26. The summed E-state index contributed by atoms with van der Waals surface area (Å²) in [6, 6.07) is 11.3. The predicted molar refractivity (Wildman–Crippen MR) is 170 cm³/mol. The summed E-state index contributed by atoms with van der Waals surface area (Å²) in [7, 11) is 0. The van der Waals surface area contributed by atoms with Crippen molar-refractivity contribution >= 4 is 40.9 Å². The number of carbonyl (C=O) groups excluding carboxylic acids is 3. The molecule has 2 N–H and O–H groups in total. The molecule has 45 heavy (non-hydrogen) atoms. The van der Waals surface area contributed by atoms with E-state index in [-0.39, 0.29) is 24.8 Å². The number of hydrogen-bond donors (Lipinski definition) is 2. The lowest BCUT2D eigenvalue weighted by Gasteiger charge is -2.23. The fraction of sp³-hybridized carbons (Fsp3) is 0.500. The number of ether oxygens (including phenoxy) is 4. The highest BCUT2D eigenvalue weighted by Crippen LogP contribution is 2.30. The average molecular weight is 649 g/mol. The molecule has 0 fully saturated rings. The molecule has 2 aromatic carbocycles. The van der Waals surface area contributed by atoms with Gasteiger partial charge in [-0.25, -0.2) is 9.18 Å². The summed E-state index contributed by atoms with van der Waals surface area (Å²) in [4.78, 5) is 42.9. The van der Waals surface area contributed by atoms with Crippen LogP contribution in [0.15, 0.2) is 47.5 Å². The second-order valence-corrected chi connectivity index (χ2v) is 11.5. The maximum Gasteiger partial charge on any atom is 0.407 e. The first-order chi connectivity index (χ1) is 21.5. The van der Waals surface area contributed by atoms with Crippen LogP contribution in [-0.4, -0.2) is 95.0 Å². The lowest BCUT2D eigenvalue weighted by Crippen LogP contribution is -2.34. The van der Waals surface area contributed by atoms with Crippen molar-refractivity contribution in [3.8, 4) is 0 Å². The van der Waals surface area contributed by atoms with E-state index in [1.807, 2.05) is 0 Å². The molecular weight excluding hydrogens is 607 g/mol. The van der Waals surface area contributed by atoms with Gasteiger partial charge in [-0.2, -0.15) is 0 Å². The standard InChI is InChI=1S/C32H42ClFN4O7/c1-32(2,3)45-31(41)36-13-16-43-18-20-44-19-17-42-15-12-35-28(39)9-6-14-38-27-11-10-23(33)21-25(27)30(37-22-29(38)40)24-7-4-5-8-26(24)34/h4-5,7-8,10-11,21H,6,9,12-20,22H2,1-3H3,(H,35,39)(H,36,41). The van der Waals surface area contributed by atoms with Gasteiger partial charge in [0.05, 0.1) is 51.0 Å². The molecule has 0 bridgehead atoms. The van der Waals surface area contributed by atoms with Crippen molar-refractivity contribution in [1.82, 2.24) is 10.6 Å². The van der Waals surface area contributed by atoms with E-state index in [9.17, 15) is 18.8 Å². The minimum Gasteiger partial charge on any atom is -0.444 e. The number of alkyl carbamates (subject to hydrolysis) is 1. The molecule has 0 saturated heterocycles. The molecule has 0 spiro atoms. The van der Waals surface area contributed by atoms with Crippen LogP contribution in [0, 0.1) is 5.82 Å². The SMILES string of the molecule is CC(C)(C)OC(=O)NCCOCCOCCOCCNC(=O)CCCN1C(=O)CN=C(c2ccccc2F)c2cc(Cl)ccc21. The largest absolute Gasteiger partial charge is 0.444 e. The predicted octanol–water partition coefficient (Wildman–Crippen LogP) is 4.13. The monoisotopic (exact) mass is 648 g/mol. The van der Waals surface area contributed by atoms with E-state index in [1.165, 1.54) is 6.07 Å². The van der Waals surface area contributed by atoms with Gasteiger partial charge in [-0.05, 0) is 57.5 Å². The number of hydrogen-bond acceptors (Lipinski definition) is 8. The quantitative estimate of drug-likeness (QED) is 0.247. The molecule has 11 nitrogen and oxygen atoms in total. The Balaban J connectivity index is 1.27. The number of benzodiazepines with no additional fused rings is 1. The number of amides is 3. The molecule has 1 heterocycles. The maximum atomic E-state index is 14.6. The zero-order valence-electron chi connectivity index (χ0n) is 26.0. The third-order valence-electron chi connectivity index (χ3n) is 6.32. The van der Waals surface area contributed by atoms with E-state index in [4.69, 9.17) is 30.5 Å². The fourth-order valence-electron chi connectivity index (χ4n) is 4.34. The summed E-state index contributed by atoms with van der Waals surface area (Å²) in [5, 5.41) is 5.86. The van der Waals surface area contributed by atoms with Crippen molar-refractivity contribution in [2.75, 3.05) is 70.7 Å². The Labute approximate surface area is 268 Å². The summed E-state index contributed by atoms with van der Waals surface area (Å²) >= 11 is 6.26. The first kappa shape index (κ1) is 35.9. The summed E-state index contributed by atoms with van der Waals surface area (Å²) in [5.74, 6) is -0.846. The van der Waals surface area contributed by atoms with Gasteiger partial charge < -0.3 is 34.5 Å². The smallest absolute Gasteiger partial charge is 0.407 e. The van der Waals surface area contributed by atoms with Crippen LogP contribution in [0.3, 0.4) is 0 Å². The summed E-state index contributed by atoms with van der Waals surface area (Å²) in [6.07, 6.45) is 0.150. The Morgan fingerprint density at radius 3 is 2.24 bits per heavy atom. The number of carbonyl (C=O) groups is 3. The minimum absolute atomic E-state index is 0.149. The van der Waals surface area contributed by atoms with Crippen molar-refractivity contribution < 1.29 is 37.7 Å². The number of halogens is 2. The highest BCUT2D eigenvalue weighted by atomic mass is 35.5. The number of benzene rings is 2. The van der Waals surface area contributed by atoms with Crippen LogP contribution < -0.4 is 15.5 Å². The van der Waals surface area contributed by atoms with Gasteiger partial charge in [0, 0.05) is 42.2 Å². The molecule has 3 amide bonds. The van der Waals surface area contributed by atoms with E-state index in [2.05, 4.69) is 15.6 Å². The van der Waals surface area contributed by atoms with Crippen molar-refractivity contribution in [2.24, 2.45) is 4.99 Å². The van der Waals surface area contributed by atoms with E-state index in [0.29, 0.717) is 93.2 Å². The summed E-state index contributed by atoms with van der Waals surface area (Å²) in [5.41, 5.74) is 1.25. The Morgan fingerprint density at radius 2 is 1.58 bits per heavy atom. The van der Waals surface area contributed by atoms with Gasteiger partial charge >= 0.3 is 6.09 Å². The molecule has 0 aliphatic carbocycles. The molecule has 13 heteroatoms. The van der Waals surface area contributed by atoms with Gasteiger partial charge in [-0.15, -0.1) is 0 Å². The number of fused-ring (bicyclic) bond motifs is 1. The lowest BCUT2D eigenvalue weighted by molar-refractivity contribution is -0.122. The van der Waals surface area contributed by atoms with Gasteiger partial charge in [-0.1, -0.05) is 23.7 Å². The number of nitrogens with one attached hydrogen (secondary N) is 2. The first-order valence-corrected chi connectivity index (χ1v) is 15.3. The molecule has 0 aromatic heterocycles. The van der Waals surface area contributed by atoms with Gasteiger partial charge in [0.2, 0.25) is 11.8 Å². The molecule has 2 aromatic rings. The molecule has 246 valence electrons. The number of rotatable bonds is 17. The van der Waals surface area contributed by atoms with Gasteiger partial charge in [0.15, 0.2) is 0 Å². The second kappa shape index (κ2) is 18.4. The zero-order chi connectivity index (χ0) is 32.7. The molecule has 0 atom stereocenters. The van der Waals surface area contributed by atoms with Gasteiger partial charge in [0.1, 0.15) is 18.0 Å². The van der Waals surface area contributed by atoms with Crippen molar-refractivity contribution in [2.45, 2.75) is 39.2 Å². The van der Waals surface area contributed by atoms with Crippen molar-refractivity contribution in [3.63, 3.8) is 0 Å². The van der Waals surface area contributed by atoms with Crippen molar-refractivity contribution in [3.05, 3.63) is 64.4 Å². The Hall–Kier alpha value is -3.58. The molecule has 1 aliphatic rings. The lowest BCUT2D eigenvalue weighted by atomic mass is 9.99. The fourth-order valence-corrected chi connectivity index (χ4v) is 4.52. The molecule has 1 aliphatic heterocycles. The van der Waals surface area contributed by atoms with Crippen LogP contribution in [-0.2, 0) is 28.5 Å². The molecule has 3 rings (SSSR count). The summed E-state index contributed by atoms with van der Waals surface area (Å²) in [6.45, 7) is 8.42. The normalized spacial score (nSPS) is 13.1. The van der Waals surface area contributed by atoms with E-state index in [1.54, 1.807) is 62.1 Å². The van der Waals surface area contributed by atoms with Crippen LogP contribution >= 0.6 is 11.6 Å².